The first-order chi connectivity index (χ1) is 16.6. The highest BCUT2D eigenvalue weighted by atomic mass is 35.5. The molecule has 3 heterocycles. The van der Waals surface area contributed by atoms with Gasteiger partial charge in [-0.25, -0.2) is 12.7 Å². The number of nitrogens with zero attached hydrogens (tertiary/aromatic N) is 3. The Kier molecular flexibility index (Phi) is 8.08. The maximum atomic E-state index is 13.5. The van der Waals surface area contributed by atoms with Crippen molar-refractivity contribution < 1.29 is 18.0 Å². The lowest BCUT2D eigenvalue weighted by atomic mass is 9.75. The SMILES string of the molecule is CC(C)[C@H]1C(=O)N(S(C)(=O)=O)[C@H]2CCN(C(=O)c3ccc(CN4CCC5CCCCC5C4)cc3)[C@H]12.Cl. The zero-order chi connectivity index (χ0) is 24.9. The number of fused-ring (bicyclic) bond motifs is 2. The molecule has 0 spiro atoms. The molecule has 0 aromatic heterocycles. The average molecular weight is 538 g/mol. The molecule has 1 saturated carbocycles. The quantitative estimate of drug-likeness (QED) is 0.571. The summed E-state index contributed by atoms with van der Waals surface area (Å²) in [6.07, 6.45) is 8.42. The van der Waals surface area contributed by atoms with Gasteiger partial charge in [0.15, 0.2) is 0 Å². The first kappa shape index (κ1) is 27.4. The van der Waals surface area contributed by atoms with Gasteiger partial charge in [-0.15, -0.1) is 12.4 Å². The number of likely N-dealkylation sites (tertiary alicyclic amines) is 2. The molecule has 0 N–H and O–H groups in total. The summed E-state index contributed by atoms with van der Waals surface area (Å²) in [5, 5.41) is 0. The van der Waals surface area contributed by atoms with Gasteiger partial charge in [0.1, 0.15) is 0 Å². The van der Waals surface area contributed by atoms with E-state index in [0.29, 0.717) is 18.5 Å². The van der Waals surface area contributed by atoms with E-state index in [9.17, 15) is 18.0 Å². The molecule has 1 aliphatic carbocycles. The van der Waals surface area contributed by atoms with E-state index in [4.69, 9.17) is 0 Å². The molecule has 4 aliphatic rings. The first-order valence-corrected chi connectivity index (χ1v) is 15.2. The van der Waals surface area contributed by atoms with Crippen molar-refractivity contribution in [1.82, 2.24) is 14.1 Å². The van der Waals surface area contributed by atoms with E-state index in [2.05, 4.69) is 17.0 Å². The van der Waals surface area contributed by atoms with Crippen molar-refractivity contribution in [2.24, 2.45) is 23.7 Å². The van der Waals surface area contributed by atoms with Gasteiger partial charge in [-0.05, 0) is 61.3 Å². The third kappa shape index (κ3) is 5.05. The van der Waals surface area contributed by atoms with Crippen LogP contribution in [0.15, 0.2) is 24.3 Å². The molecule has 36 heavy (non-hydrogen) atoms. The summed E-state index contributed by atoms with van der Waals surface area (Å²) >= 11 is 0. The topological polar surface area (TPSA) is 78.0 Å². The molecule has 1 aromatic carbocycles. The van der Waals surface area contributed by atoms with Gasteiger partial charge in [0.05, 0.1) is 24.3 Å². The van der Waals surface area contributed by atoms with Gasteiger partial charge in [-0.1, -0.05) is 45.2 Å². The van der Waals surface area contributed by atoms with Crippen molar-refractivity contribution in [1.29, 1.82) is 0 Å². The number of carbonyl (C=O) groups is 2. The summed E-state index contributed by atoms with van der Waals surface area (Å²) < 4.78 is 25.8. The minimum atomic E-state index is -3.67. The fourth-order valence-corrected chi connectivity index (χ4v) is 8.44. The summed E-state index contributed by atoms with van der Waals surface area (Å²) in [4.78, 5) is 30.9. The van der Waals surface area contributed by atoms with Crippen LogP contribution in [0.2, 0.25) is 0 Å². The molecule has 1 aromatic rings. The second-order valence-electron chi connectivity index (χ2n) is 11.5. The fourth-order valence-electron chi connectivity index (χ4n) is 7.27. The maximum Gasteiger partial charge on any atom is 0.254 e. The zero-order valence-corrected chi connectivity index (χ0v) is 23.3. The molecule has 5 rings (SSSR count). The standard InChI is InChI=1S/C27H39N3O4S.ClH/c1-18(2)24-25-23(30(27(24)32)35(3,33)34)13-15-29(25)26(31)21-10-8-19(9-11-21)16-28-14-12-20-6-4-5-7-22(20)17-28;/h8-11,18,20,22-25H,4-7,12-17H2,1-3H3;1H/t20?,22?,23-,24+,25-;/m0./s1. The maximum absolute atomic E-state index is 13.5. The normalized spacial score (nSPS) is 30.8. The molecule has 0 bridgehead atoms. The van der Waals surface area contributed by atoms with Gasteiger partial charge in [-0.3, -0.25) is 14.5 Å². The molecule has 3 saturated heterocycles. The van der Waals surface area contributed by atoms with Crippen LogP contribution in [0.25, 0.3) is 0 Å². The van der Waals surface area contributed by atoms with Crippen LogP contribution in [0.1, 0.15) is 68.3 Å². The molecular weight excluding hydrogens is 498 g/mol. The minimum Gasteiger partial charge on any atom is -0.333 e. The highest BCUT2D eigenvalue weighted by Gasteiger charge is 2.58. The van der Waals surface area contributed by atoms with Crippen molar-refractivity contribution in [3.05, 3.63) is 35.4 Å². The zero-order valence-electron chi connectivity index (χ0n) is 21.6. The molecule has 2 amide bonds. The Bertz CT molecular complexity index is 1080. The van der Waals surface area contributed by atoms with Crippen molar-refractivity contribution in [2.75, 3.05) is 25.9 Å². The van der Waals surface area contributed by atoms with Crippen LogP contribution < -0.4 is 0 Å². The molecule has 2 unspecified atom stereocenters. The molecule has 4 fully saturated rings. The largest absolute Gasteiger partial charge is 0.333 e. The Morgan fingerprint density at radius 3 is 2.31 bits per heavy atom. The molecule has 5 atom stereocenters. The highest BCUT2D eigenvalue weighted by Crippen LogP contribution is 2.42. The average Bonchev–Trinajstić information content (AvgIpc) is 3.35. The second-order valence-corrected chi connectivity index (χ2v) is 13.4. The Balaban J connectivity index is 0.00000304. The number of sulfonamides is 1. The molecular formula is C27H40ClN3O4S. The Morgan fingerprint density at radius 1 is 1.00 bits per heavy atom. The lowest BCUT2D eigenvalue weighted by Crippen LogP contribution is -2.44. The summed E-state index contributed by atoms with van der Waals surface area (Å²) in [5.41, 5.74) is 1.82. The molecule has 3 aliphatic heterocycles. The Labute approximate surface area is 222 Å². The van der Waals surface area contributed by atoms with E-state index in [1.807, 2.05) is 26.0 Å². The number of halogens is 1. The van der Waals surface area contributed by atoms with E-state index < -0.39 is 28.0 Å². The number of hydrogen-bond acceptors (Lipinski definition) is 5. The minimum absolute atomic E-state index is 0. The van der Waals surface area contributed by atoms with Crippen molar-refractivity contribution in [2.45, 2.75) is 71.0 Å². The van der Waals surface area contributed by atoms with Gasteiger partial charge in [0, 0.05) is 25.2 Å². The summed E-state index contributed by atoms with van der Waals surface area (Å²) in [6, 6.07) is 7.03. The van der Waals surface area contributed by atoms with Gasteiger partial charge in [-0.2, -0.15) is 0 Å². The van der Waals surface area contributed by atoms with E-state index >= 15 is 0 Å². The van der Waals surface area contributed by atoms with Gasteiger partial charge in [0.2, 0.25) is 15.9 Å². The van der Waals surface area contributed by atoms with Crippen LogP contribution in [0.4, 0.5) is 0 Å². The van der Waals surface area contributed by atoms with Gasteiger partial charge in [0.25, 0.3) is 5.91 Å². The van der Waals surface area contributed by atoms with Crippen LogP contribution in [0.3, 0.4) is 0 Å². The van der Waals surface area contributed by atoms with Crippen molar-refractivity contribution in [3.63, 3.8) is 0 Å². The number of rotatable bonds is 5. The molecule has 9 heteroatoms. The van der Waals surface area contributed by atoms with Crippen molar-refractivity contribution in [3.8, 4) is 0 Å². The van der Waals surface area contributed by atoms with Crippen LogP contribution in [-0.4, -0.2) is 72.3 Å². The fraction of sp³-hybridized carbons (Fsp3) is 0.704. The van der Waals surface area contributed by atoms with Crippen LogP contribution >= 0.6 is 12.4 Å². The van der Waals surface area contributed by atoms with Crippen LogP contribution in [-0.2, 0) is 21.4 Å². The smallest absolute Gasteiger partial charge is 0.254 e. The summed E-state index contributed by atoms with van der Waals surface area (Å²) in [5.74, 6) is 0.734. The second kappa shape index (κ2) is 10.6. The van der Waals surface area contributed by atoms with Gasteiger partial charge < -0.3 is 4.90 Å². The van der Waals surface area contributed by atoms with E-state index in [0.717, 1.165) is 35.5 Å². The third-order valence-corrected chi connectivity index (χ3v) is 10.1. The monoisotopic (exact) mass is 537 g/mol. The number of benzene rings is 1. The van der Waals surface area contributed by atoms with E-state index in [1.54, 1.807) is 4.90 Å². The molecule has 7 nitrogen and oxygen atoms in total. The van der Waals surface area contributed by atoms with E-state index in [-0.39, 0.29) is 30.1 Å². The van der Waals surface area contributed by atoms with E-state index in [1.165, 1.54) is 44.2 Å². The number of amides is 2. The van der Waals surface area contributed by atoms with Crippen LogP contribution in [0.5, 0.6) is 0 Å². The Hall–Kier alpha value is -1.64. The number of carbonyl (C=O) groups excluding carboxylic acids is 2. The van der Waals surface area contributed by atoms with Crippen molar-refractivity contribution >= 4 is 34.2 Å². The number of hydrogen-bond donors (Lipinski definition) is 0. The lowest BCUT2D eigenvalue weighted by molar-refractivity contribution is -0.129. The summed E-state index contributed by atoms with van der Waals surface area (Å²) in [7, 11) is -3.67. The van der Waals surface area contributed by atoms with Gasteiger partial charge >= 0.3 is 0 Å². The molecule has 0 radical (unpaired) electrons. The highest BCUT2D eigenvalue weighted by molar-refractivity contribution is 7.88. The summed E-state index contributed by atoms with van der Waals surface area (Å²) in [6.45, 7) is 7.58. The third-order valence-electron chi connectivity index (χ3n) is 8.91. The predicted molar refractivity (Wildman–Crippen MR) is 142 cm³/mol. The molecule has 200 valence electrons. The number of piperidine rings is 1. The Morgan fingerprint density at radius 2 is 1.67 bits per heavy atom. The predicted octanol–water partition coefficient (Wildman–Crippen LogP) is 3.78. The first-order valence-electron chi connectivity index (χ1n) is 13.3. The lowest BCUT2D eigenvalue weighted by Gasteiger charge is -2.41. The van der Waals surface area contributed by atoms with Crippen LogP contribution in [0, 0.1) is 23.7 Å².